The van der Waals surface area contributed by atoms with Crippen LogP contribution in [0.2, 0.25) is 0 Å². The lowest BCUT2D eigenvalue weighted by Crippen LogP contribution is -2.48. The van der Waals surface area contributed by atoms with Crippen molar-refractivity contribution in [1.82, 2.24) is 5.32 Å². The van der Waals surface area contributed by atoms with E-state index >= 15 is 0 Å². The molecular formula is C18H23ClN2O3. The summed E-state index contributed by atoms with van der Waals surface area (Å²) in [6, 6.07) is 12.0. The highest BCUT2D eigenvalue weighted by atomic mass is 35.5. The third-order valence-corrected chi connectivity index (χ3v) is 3.84. The molecule has 0 spiro atoms. The van der Waals surface area contributed by atoms with Gasteiger partial charge in [-0.1, -0.05) is 56.2 Å². The van der Waals surface area contributed by atoms with Gasteiger partial charge in [-0.2, -0.15) is 0 Å². The fourth-order valence-corrected chi connectivity index (χ4v) is 2.47. The van der Waals surface area contributed by atoms with E-state index in [-0.39, 0.29) is 12.4 Å². The van der Waals surface area contributed by atoms with Crippen LogP contribution in [0.4, 0.5) is 0 Å². The Bertz CT molecular complexity index is 700. The van der Waals surface area contributed by atoms with Gasteiger partial charge in [0.1, 0.15) is 6.10 Å². The number of aliphatic hydroxyl groups excluding tert-OH is 1. The number of nitrogens with two attached hydrogens (primary N) is 1. The molecule has 2 aromatic rings. The van der Waals surface area contributed by atoms with E-state index in [4.69, 9.17) is 5.73 Å². The van der Waals surface area contributed by atoms with Gasteiger partial charge < -0.3 is 10.8 Å². The monoisotopic (exact) mass is 350 g/mol. The number of carbonyl (C=O) groups is 2. The molecule has 6 heteroatoms. The summed E-state index contributed by atoms with van der Waals surface area (Å²) in [5.74, 6) is -1.29. The summed E-state index contributed by atoms with van der Waals surface area (Å²) >= 11 is 0. The molecule has 2 aromatic carbocycles. The summed E-state index contributed by atoms with van der Waals surface area (Å²) in [4.78, 5) is 24.3. The normalized spacial score (nSPS) is 13.0. The van der Waals surface area contributed by atoms with Gasteiger partial charge in [0.15, 0.2) is 0 Å². The molecule has 24 heavy (non-hydrogen) atoms. The van der Waals surface area contributed by atoms with E-state index in [1.807, 2.05) is 37.3 Å². The predicted molar refractivity (Wildman–Crippen MR) is 97.2 cm³/mol. The van der Waals surface area contributed by atoms with Crippen LogP contribution in [0, 0.1) is 0 Å². The van der Waals surface area contributed by atoms with E-state index in [9.17, 15) is 14.7 Å². The second-order valence-electron chi connectivity index (χ2n) is 5.60. The summed E-state index contributed by atoms with van der Waals surface area (Å²) in [7, 11) is 0. The molecule has 0 bridgehead atoms. The molecule has 130 valence electrons. The topological polar surface area (TPSA) is 92.4 Å². The van der Waals surface area contributed by atoms with Crippen LogP contribution in [0.15, 0.2) is 42.5 Å². The fraction of sp³-hybridized carbons (Fsp3) is 0.333. The second kappa shape index (κ2) is 9.37. The van der Waals surface area contributed by atoms with Crippen LogP contribution in [-0.2, 0) is 4.79 Å². The Morgan fingerprint density at radius 2 is 1.83 bits per heavy atom. The zero-order valence-electron chi connectivity index (χ0n) is 13.6. The number of aliphatic hydroxyl groups is 1. The number of fused-ring (bicyclic) bond motifs is 1. The quantitative estimate of drug-likeness (QED) is 0.745. The molecule has 0 radical (unpaired) electrons. The standard InChI is InChI=1S/C18H22N2O3.ClH/c1-2-3-11-15(19)16(21)18(23)20-17(22)14-10-6-8-12-7-4-5-9-13(12)14;/h4-10,15-16,21H,2-3,11,19H2,1H3,(H,20,22,23);1H/t15-,16+;/m1./s1. The third-order valence-electron chi connectivity index (χ3n) is 3.84. The average molecular weight is 351 g/mol. The Morgan fingerprint density at radius 3 is 2.54 bits per heavy atom. The molecule has 2 atom stereocenters. The Balaban J connectivity index is 0.00000288. The van der Waals surface area contributed by atoms with Crippen LogP contribution in [0.25, 0.3) is 10.8 Å². The number of halogens is 1. The molecule has 0 aliphatic heterocycles. The zero-order chi connectivity index (χ0) is 16.8. The molecule has 4 N–H and O–H groups in total. The number of carbonyl (C=O) groups excluding carboxylic acids is 2. The lowest BCUT2D eigenvalue weighted by atomic mass is 10.0. The van der Waals surface area contributed by atoms with E-state index in [1.54, 1.807) is 12.1 Å². The van der Waals surface area contributed by atoms with E-state index < -0.39 is 24.0 Å². The van der Waals surface area contributed by atoms with Gasteiger partial charge in [-0.05, 0) is 23.3 Å². The van der Waals surface area contributed by atoms with E-state index in [2.05, 4.69) is 5.32 Å². The summed E-state index contributed by atoms with van der Waals surface area (Å²) in [6.45, 7) is 2.00. The molecule has 0 saturated heterocycles. The van der Waals surface area contributed by atoms with Crippen LogP contribution < -0.4 is 11.1 Å². The molecule has 2 amide bonds. The van der Waals surface area contributed by atoms with E-state index in [0.717, 1.165) is 23.6 Å². The number of rotatable bonds is 6. The lowest BCUT2D eigenvalue weighted by molar-refractivity contribution is -0.129. The van der Waals surface area contributed by atoms with Gasteiger partial charge in [-0.15, -0.1) is 12.4 Å². The minimum Gasteiger partial charge on any atom is -0.382 e. The van der Waals surface area contributed by atoms with Gasteiger partial charge in [0, 0.05) is 11.6 Å². The Kier molecular flexibility index (Phi) is 7.85. The summed E-state index contributed by atoms with van der Waals surface area (Å²) in [6.07, 6.45) is 0.897. The first-order valence-electron chi connectivity index (χ1n) is 7.81. The van der Waals surface area contributed by atoms with E-state index in [1.165, 1.54) is 0 Å². The van der Waals surface area contributed by atoms with Crippen molar-refractivity contribution in [3.63, 3.8) is 0 Å². The molecule has 5 nitrogen and oxygen atoms in total. The van der Waals surface area contributed by atoms with Gasteiger partial charge in [0.25, 0.3) is 11.8 Å². The minimum absolute atomic E-state index is 0. The van der Waals surface area contributed by atoms with Crippen LogP contribution in [0.1, 0.15) is 36.5 Å². The molecule has 0 heterocycles. The molecule has 0 aliphatic rings. The molecule has 2 rings (SSSR count). The zero-order valence-corrected chi connectivity index (χ0v) is 14.4. The first-order valence-corrected chi connectivity index (χ1v) is 7.81. The first-order chi connectivity index (χ1) is 11.0. The Morgan fingerprint density at radius 1 is 1.17 bits per heavy atom. The Hall–Kier alpha value is -1.95. The fourth-order valence-electron chi connectivity index (χ4n) is 2.47. The van der Waals surface area contributed by atoms with Gasteiger partial charge >= 0.3 is 0 Å². The van der Waals surface area contributed by atoms with Crippen molar-refractivity contribution in [2.24, 2.45) is 5.73 Å². The maximum atomic E-state index is 12.3. The van der Waals surface area contributed by atoms with Crippen molar-refractivity contribution >= 4 is 35.0 Å². The second-order valence-corrected chi connectivity index (χ2v) is 5.60. The van der Waals surface area contributed by atoms with Crippen LogP contribution in [0.3, 0.4) is 0 Å². The SMILES string of the molecule is CCCC[C@@H](N)[C@H](O)C(=O)NC(=O)c1cccc2ccccc12.Cl. The van der Waals surface area contributed by atoms with Crippen molar-refractivity contribution in [3.05, 3.63) is 48.0 Å². The van der Waals surface area contributed by atoms with Crippen molar-refractivity contribution in [1.29, 1.82) is 0 Å². The van der Waals surface area contributed by atoms with Crippen molar-refractivity contribution < 1.29 is 14.7 Å². The highest BCUT2D eigenvalue weighted by Crippen LogP contribution is 2.18. The van der Waals surface area contributed by atoms with Crippen molar-refractivity contribution in [3.8, 4) is 0 Å². The first kappa shape index (κ1) is 20.1. The molecular weight excluding hydrogens is 328 g/mol. The van der Waals surface area contributed by atoms with Crippen LogP contribution in [-0.4, -0.2) is 29.1 Å². The van der Waals surface area contributed by atoms with Gasteiger partial charge in [0.05, 0.1) is 0 Å². The number of amides is 2. The number of hydrogen-bond acceptors (Lipinski definition) is 4. The molecule has 0 unspecified atom stereocenters. The number of imide groups is 1. The third kappa shape index (κ3) is 4.77. The van der Waals surface area contributed by atoms with Crippen molar-refractivity contribution in [2.45, 2.75) is 38.3 Å². The predicted octanol–water partition coefficient (Wildman–Crippen LogP) is 2.40. The molecule has 0 fully saturated rings. The molecule has 0 aromatic heterocycles. The number of unbranched alkanes of at least 4 members (excludes halogenated alkanes) is 1. The van der Waals surface area contributed by atoms with Gasteiger partial charge in [0.2, 0.25) is 0 Å². The van der Waals surface area contributed by atoms with Crippen LogP contribution in [0.5, 0.6) is 0 Å². The smallest absolute Gasteiger partial charge is 0.258 e. The summed E-state index contributed by atoms with van der Waals surface area (Å²) < 4.78 is 0. The number of benzene rings is 2. The molecule has 0 saturated carbocycles. The summed E-state index contributed by atoms with van der Waals surface area (Å²) in [5.41, 5.74) is 6.18. The van der Waals surface area contributed by atoms with Crippen molar-refractivity contribution in [2.75, 3.05) is 0 Å². The van der Waals surface area contributed by atoms with Gasteiger partial charge in [-0.25, -0.2) is 0 Å². The number of hydrogen-bond donors (Lipinski definition) is 3. The Labute approximate surface area is 147 Å². The average Bonchev–Trinajstić information content (AvgIpc) is 2.58. The highest BCUT2D eigenvalue weighted by Gasteiger charge is 2.24. The van der Waals surface area contributed by atoms with Gasteiger partial charge in [-0.3, -0.25) is 14.9 Å². The maximum absolute atomic E-state index is 12.3. The summed E-state index contributed by atoms with van der Waals surface area (Å²) in [5, 5.41) is 13.8. The highest BCUT2D eigenvalue weighted by molar-refractivity contribution is 6.12. The largest absolute Gasteiger partial charge is 0.382 e. The maximum Gasteiger partial charge on any atom is 0.258 e. The number of nitrogens with one attached hydrogen (secondary N) is 1. The van der Waals surface area contributed by atoms with E-state index in [0.29, 0.717) is 12.0 Å². The van der Waals surface area contributed by atoms with Crippen LogP contribution >= 0.6 is 12.4 Å². The molecule has 0 aliphatic carbocycles. The lowest BCUT2D eigenvalue weighted by Gasteiger charge is -2.17. The minimum atomic E-state index is -1.39.